The molecule has 0 amide bonds. The lowest BCUT2D eigenvalue weighted by Crippen LogP contribution is -2.34. The van der Waals surface area contributed by atoms with E-state index in [0.29, 0.717) is 28.7 Å². The molecule has 0 unspecified atom stereocenters. The molecule has 2 rings (SSSR count). The van der Waals surface area contributed by atoms with Crippen molar-refractivity contribution in [2.24, 2.45) is 5.92 Å². The molecule has 1 aromatic carbocycles. The summed E-state index contributed by atoms with van der Waals surface area (Å²) in [4.78, 5) is 4.46. The monoisotopic (exact) mass is 326 g/mol. The summed E-state index contributed by atoms with van der Waals surface area (Å²) in [6.07, 6.45) is 0. The number of fused-ring (bicyclic) bond motifs is 1. The lowest BCUT2D eigenvalue weighted by molar-refractivity contribution is 0.381. The molecule has 0 radical (unpaired) electrons. The Hall–Kier alpha value is -1.17. The third kappa shape index (κ3) is 3.54. The van der Waals surface area contributed by atoms with Gasteiger partial charge in [0.1, 0.15) is 5.15 Å². The van der Waals surface area contributed by atoms with Gasteiger partial charge in [0.05, 0.1) is 10.4 Å². The van der Waals surface area contributed by atoms with Crippen molar-refractivity contribution in [2.75, 3.05) is 13.1 Å². The Morgan fingerprint density at radius 3 is 2.57 bits per heavy atom. The van der Waals surface area contributed by atoms with Gasteiger partial charge in [0.25, 0.3) is 0 Å². The number of hydrogen-bond donors (Lipinski definition) is 0. The van der Waals surface area contributed by atoms with Crippen molar-refractivity contribution in [3.8, 4) is 0 Å². The summed E-state index contributed by atoms with van der Waals surface area (Å²) in [6, 6.07) is 8.37. The van der Waals surface area contributed by atoms with Gasteiger partial charge >= 0.3 is 0 Å². The molecular formula is C15H19ClN2O2S. The third-order valence-electron chi connectivity index (χ3n) is 3.19. The molecule has 21 heavy (non-hydrogen) atoms. The van der Waals surface area contributed by atoms with E-state index in [1.807, 2.05) is 20.8 Å². The van der Waals surface area contributed by atoms with Crippen LogP contribution in [0.25, 0.3) is 10.9 Å². The predicted molar refractivity (Wildman–Crippen MR) is 86.0 cm³/mol. The van der Waals surface area contributed by atoms with E-state index in [4.69, 9.17) is 11.6 Å². The molecule has 1 heterocycles. The number of nitrogens with zero attached hydrogens (tertiary/aromatic N) is 2. The fraction of sp³-hybridized carbons (Fsp3) is 0.400. The average molecular weight is 327 g/mol. The molecule has 0 bridgehead atoms. The largest absolute Gasteiger partial charge is 0.243 e. The zero-order chi connectivity index (χ0) is 15.6. The third-order valence-corrected chi connectivity index (χ3v) is 5.33. The van der Waals surface area contributed by atoms with E-state index in [2.05, 4.69) is 4.98 Å². The maximum Gasteiger partial charge on any atom is 0.243 e. The second kappa shape index (κ2) is 6.30. The molecule has 0 atom stereocenters. The Balaban J connectivity index is 2.46. The van der Waals surface area contributed by atoms with Gasteiger partial charge in [-0.1, -0.05) is 32.4 Å². The minimum Gasteiger partial charge on any atom is -0.236 e. The molecule has 0 saturated carbocycles. The van der Waals surface area contributed by atoms with Gasteiger partial charge in [0.15, 0.2) is 0 Å². The minimum absolute atomic E-state index is 0.278. The van der Waals surface area contributed by atoms with E-state index in [1.54, 1.807) is 30.3 Å². The number of hydrogen-bond acceptors (Lipinski definition) is 3. The first-order chi connectivity index (χ1) is 9.84. The molecular weight excluding hydrogens is 308 g/mol. The van der Waals surface area contributed by atoms with Gasteiger partial charge < -0.3 is 0 Å². The van der Waals surface area contributed by atoms with Gasteiger partial charge in [0.2, 0.25) is 10.0 Å². The highest BCUT2D eigenvalue weighted by Gasteiger charge is 2.23. The summed E-state index contributed by atoms with van der Waals surface area (Å²) in [5, 5.41) is 1.16. The molecule has 0 aliphatic rings. The molecule has 4 nitrogen and oxygen atoms in total. The predicted octanol–water partition coefficient (Wildman–Crippen LogP) is 3.55. The van der Waals surface area contributed by atoms with Crippen molar-refractivity contribution in [3.63, 3.8) is 0 Å². The standard InChI is InChI=1S/C15H19ClN2O2S/c1-4-18(10-11(2)3)21(19,20)13-6-7-14-12(9-13)5-8-15(16)17-14/h5-9,11H,4,10H2,1-3H3. The van der Waals surface area contributed by atoms with Crippen LogP contribution in [0.4, 0.5) is 0 Å². The summed E-state index contributed by atoms with van der Waals surface area (Å²) in [5.74, 6) is 0.278. The van der Waals surface area contributed by atoms with Gasteiger partial charge in [-0.05, 0) is 36.2 Å². The normalized spacial score (nSPS) is 12.5. The summed E-state index contributed by atoms with van der Waals surface area (Å²) >= 11 is 5.84. The molecule has 0 N–H and O–H groups in total. The smallest absolute Gasteiger partial charge is 0.236 e. The van der Waals surface area contributed by atoms with Crippen LogP contribution in [0.3, 0.4) is 0 Å². The van der Waals surface area contributed by atoms with Crippen LogP contribution in [0, 0.1) is 5.92 Å². The first-order valence-electron chi connectivity index (χ1n) is 6.91. The maximum absolute atomic E-state index is 12.7. The van der Waals surface area contributed by atoms with E-state index in [-0.39, 0.29) is 5.92 Å². The molecule has 0 aliphatic carbocycles. The SMILES string of the molecule is CCN(CC(C)C)S(=O)(=O)c1ccc2nc(Cl)ccc2c1. The van der Waals surface area contributed by atoms with Crippen molar-refractivity contribution < 1.29 is 8.42 Å². The van der Waals surface area contributed by atoms with Crippen LogP contribution in [0.2, 0.25) is 5.15 Å². The summed E-state index contributed by atoms with van der Waals surface area (Å²) < 4.78 is 26.9. The zero-order valence-electron chi connectivity index (χ0n) is 12.4. The van der Waals surface area contributed by atoms with Crippen LogP contribution in [0.5, 0.6) is 0 Å². The van der Waals surface area contributed by atoms with Gasteiger partial charge in [-0.3, -0.25) is 0 Å². The fourth-order valence-corrected chi connectivity index (χ4v) is 4.00. The number of aromatic nitrogens is 1. The van der Waals surface area contributed by atoms with Crippen LogP contribution in [0.15, 0.2) is 35.2 Å². The van der Waals surface area contributed by atoms with Gasteiger partial charge in [-0.15, -0.1) is 0 Å². The Morgan fingerprint density at radius 2 is 1.95 bits per heavy atom. The fourth-order valence-electron chi connectivity index (χ4n) is 2.19. The molecule has 0 spiro atoms. The van der Waals surface area contributed by atoms with Crippen LogP contribution < -0.4 is 0 Å². The van der Waals surface area contributed by atoms with Gasteiger partial charge in [-0.2, -0.15) is 4.31 Å². The molecule has 0 aliphatic heterocycles. The van der Waals surface area contributed by atoms with Crippen molar-refractivity contribution in [1.82, 2.24) is 9.29 Å². The van der Waals surface area contributed by atoms with E-state index in [0.717, 1.165) is 5.39 Å². The second-order valence-corrected chi connectivity index (χ2v) is 7.66. The zero-order valence-corrected chi connectivity index (χ0v) is 13.9. The highest BCUT2D eigenvalue weighted by atomic mass is 35.5. The van der Waals surface area contributed by atoms with Gasteiger partial charge in [-0.25, -0.2) is 13.4 Å². The maximum atomic E-state index is 12.7. The Bertz CT molecular complexity index is 744. The number of sulfonamides is 1. The topological polar surface area (TPSA) is 50.3 Å². The van der Waals surface area contributed by atoms with Crippen molar-refractivity contribution in [2.45, 2.75) is 25.7 Å². The summed E-state index contributed by atoms with van der Waals surface area (Å²) in [7, 11) is -3.48. The number of halogens is 1. The van der Waals surface area contributed by atoms with Crippen molar-refractivity contribution in [1.29, 1.82) is 0 Å². The second-order valence-electron chi connectivity index (χ2n) is 5.34. The van der Waals surface area contributed by atoms with Gasteiger partial charge in [0, 0.05) is 18.5 Å². The molecule has 0 fully saturated rings. The lowest BCUT2D eigenvalue weighted by Gasteiger charge is -2.22. The summed E-state index contributed by atoms with van der Waals surface area (Å²) in [5.41, 5.74) is 0.688. The highest BCUT2D eigenvalue weighted by molar-refractivity contribution is 7.89. The molecule has 114 valence electrons. The van der Waals surface area contributed by atoms with E-state index in [1.165, 1.54) is 4.31 Å². The molecule has 6 heteroatoms. The van der Waals surface area contributed by atoms with Crippen molar-refractivity contribution in [3.05, 3.63) is 35.5 Å². The molecule has 0 saturated heterocycles. The number of pyridine rings is 1. The van der Waals surface area contributed by atoms with Crippen LogP contribution in [0.1, 0.15) is 20.8 Å². The highest BCUT2D eigenvalue weighted by Crippen LogP contribution is 2.22. The molecule has 2 aromatic rings. The quantitative estimate of drug-likeness (QED) is 0.789. The van der Waals surface area contributed by atoms with E-state index in [9.17, 15) is 8.42 Å². The first-order valence-corrected chi connectivity index (χ1v) is 8.73. The Labute approximate surface area is 130 Å². The van der Waals surface area contributed by atoms with E-state index < -0.39 is 10.0 Å². The minimum atomic E-state index is -3.48. The van der Waals surface area contributed by atoms with Crippen LogP contribution >= 0.6 is 11.6 Å². The van der Waals surface area contributed by atoms with E-state index >= 15 is 0 Å². The Kier molecular flexibility index (Phi) is 4.86. The van der Waals surface area contributed by atoms with Crippen molar-refractivity contribution >= 4 is 32.5 Å². The first kappa shape index (κ1) is 16.2. The van der Waals surface area contributed by atoms with Crippen LogP contribution in [-0.2, 0) is 10.0 Å². The summed E-state index contributed by atoms with van der Waals surface area (Å²) in [6.45, 7) is 6.82. The average Bonchev–Trinajstić information content (AvgIpc) is 2.43. The van der Waals surface area contributed by atoms with Crippen LogP contribution in [-0.4, -0.2) is 30.8 Å². The number of rotatable bonds is 5. The Morgan fingerprint density at radius 1 is 1.24 bits per heavy atom. The lowest BCUT2D eigenvalue weighted by atomic mass is 10.2. The number of benzene rings is 1. The molecule has 1 aromatic heterocycles.